The molecule has 0 bridgehead atoms. The van der Waals surface area contributed by atoms with Gasteiger partial charge in [-0.05, 0) is 32.1 Å². The van der Waals surface area contributed by atoms with Crippen LogP contribution in [0.15, 0.2) is 0 Å². The van der Waals surface area contributed by atoms with Crippen molar-refractivity contribution in [3.8, 4) is 0 Å². The third-order valence-corrected chi connectivity index (χ3v) is 7.04. The fourth-order valence-corrected chi connectivity index (χ4v) is 5.69. The van der Waals surface area contributed by atoms with E-state index in [1.54, 1.807) is 0 Å². The Morgan fingerprint density at radius 3 is 2.81 bits per heavy atom. The normalized spacial score (nSPS) is 23.1. The lowest BCUT2D eigenvalue weighted by atomic mass is 9.89. The number of nitrogens with zero attached hydrogens (tertiary/aromatic N) is 5. The molecule has 2 aromatic heterocycles. The summed E-state index contributed by atoms with van der Waals surface area (Å²) in [5, 5.41) is 9.46. The van der Waals surface area contributed by atoms with Crippen LogP contribution >= 0.6 is 11.3 Å². The van der Waals surface area contributed by atoms with Gasteiger partial charge in [0.15, 0.2) is 11.0 Å². The van der Waals surface area contributed by atoms with E-state index in [2.05, 4.69) is 19.7 Å². The SMILES string of the molecule is Nc1nc2c(s1)CCCC2C(=O)N1CCn2c(nnc2C2CCCC2)C1. The number of anilines is 1. The van der Waals surface area contributed by atoms with Crippen molar-refractivity contribution in [3.05, 3.63) is 22.2 Å². The van der Waals surface area contributed by atoms with Crippen molar-refractivity contribution in [1.82, 2.24) is 24.6 Å². The topological polar surface area (TPSA) is 89.9 Å². The Hall–Kier alpha value is -1.96. The second kappa shape index (κ2) is 6.33. The van der Waals surface area contributed by atoms with Crippen LogP contribution in [0.3, 0.4) is 0 Å². The molecule has 1 atom stereocenters. The molecule has 1 saturated carbocycles. The van der Waals surface area contributed by atoms with Crippen molar-refractivity contribution < 1.29 is 4.79 Å². The molecule has 0 spiro atoms. The number of fused-ring (bicyclic) bond motifs is 2. The first-order valence-electron chi connectivity index (χ1n) is 9.66. The maximum Gasteiger partial charge on any atom is 0.232 e. The van der Waals surface area contributed by atoms with Crippen molar-refractivity contribution in [2.24, 2.45) is 0 Å². The van der Waals surface area contributed by atoms with Crippen LogP contribution in [0, 0.1) is 0 Å². The minimum atomic E-state index is -0.143. The lowest BCUT2D eigenvalue weighted by molar-refractivity contribution is -0.134. The molecular formula is C18H24N6OS. The summed E-state index contributed by atoms with van der Waals surface area (Å²) in [7, 11) is 0. The Labute approximate surface area is 156 Å². The molecule has 1 amide bonds. The second-order valence-corrected chi connectivity index (χ2v) is 8.79. The Balaban J connectivity index is 1.36. The highest BCUT2D eigenvalue weighted by Crippen LogP contribution is 2.38. The molecule has 2 aromatic rings. The number of nitrogen functional groups attached to an aromatic ring is 1. The Kier molecular flexibility index (Phi) is 3.95. The Morgan fingerprint density at radius 2 is 1.96 bits per heavy atom. The van der Waals surface area contributed by atoms with Gasteiger partial charge in [0.25, 0.3) is 0 Å². The van der Waals surface area contributed by atoms with Gasteiger partial charge >= 0.3 is 0 Å². The molecule has 7 nitrogen and oxygen atoms in total. The number of aryl methyl sites for hydroxylation is 1. The minimum Gasteiger partial charge on any atom is -0.375 e. The van der Waals surface area contributed by atoms with Gasteiger partial charge in [0.05, 0.1) is 18.2 Å². The van der Waals surface area contributed by atoms with E-state index in [9.17, 15) is 4.79 Å². The van der Waals surface area contributed by atoms with Crippen molar-refractivity contribution in [2.75, 3.05) is 12.3 Å². The molecule has 3 aliphatic rings. The highest BCUT2D eigenvalue weighted by Gasteiger charge is 2.35. The van der Waals surface area contributed by atoms with Crippen LogP contribution in [0.4, 0.5) is 5.13 Å². The molecule has 2 aliphatic carbocycles. The largest absolute Gasteiger partial charge is 0.375 e. The van der Waals surface area contributed by atoms with Crippen molar-refractivity contribution >= 4 is 22.4 Å². The summed E-state index contributed by atoms with van der Waals surface area (Å²) in [4.78, 5) is 20.8. The first-order valence-corrected chi connectivity index (χ1v) is 10.5. The summed E-state index contributed by atoms with van der Waals surface area (Å²) in [5.41, 5.74) is 6.80. The molecule has 3 heterocycles. The van der Waals surface area contributed by atoms with Crippen molar-refractivity contribution in [3.63, 3.8) is 0 Å². The Bertz CT molecular complexity index is 837. The summed E-state index contributed by atoms with van der Waals surface area (Å²) in [6.07, 6.45) is 7.91. The van der Waals surface area contributed by atoms with E-state index >= 15 is 0 Å². The molecule has 8 heteroatoms. The zero-order valence-corrected chi connectivity index (χ0v) is 15.7. The van der Waals surface area contributed by atoms with E-state index in [1.807, 2.05) is 4.90 Å². The van der Waals surface area contributed by atoms with E-state index in [0.29, 0.717) is 17.6 Å². The maximum atomic E-state index is 13.2. The molecular weight excluding hydrogens is 348 g/mol. The lowest BCUT2D eigenvalue weighted by Gasteiger charge is -2.32. The van der Waals surface area contributed by atoms with Crippen LogP contribution in [-0.4, -0.2) is 37.1 Å². The van der Waals surface area contributed by atoms with Gasteiger partial charge in [0.1, 0.15) is 5.82 Å². The smallest absolute Gasteiger partial charge is 0.232 e. The number of hydrogen-bond acceptors (Lipinski definition) is 6. The molecule has 0 radical (unpaired) electrons. The summed E-state index contributed by atoms with van der Waals surface area (Å²) in [5.74, 6) is 2.65. The minimum absolute atomic E-state index is 0.143. The van der Waals surface area contributed by atoms with Gasteiger partial charge in [-0.2, -0.15) is 0 Å². The van der Waals surface area contributed by atoms with E-state index in [4.69, 9.17) is 5.73 Å². The van der Waals surface area contributed by atoms with E-state index in [0.717, 1.165) is 49.7 Å². The zero-order valence-electron chi connectivity index (χ0n) is 14.9. The van der Waals surface area contributed by atoms with Crippen LogP contribution < -0.4 is 5.73 Å². The van der Waals surface area contributed by atoms with Gasteiger partial charge in [-0.25, -0.2) is 4.98 Å². The maximum absolute atomic E-state index is 13.2. The average molecular weight is 372 g/mol. The number of aromatic nitrogens is 4. The molecule has 1 aliphatic heterocycles. The van der Waals surface area contributed by atoms with Crippen LogP contribution in [-0.2, 0) is 24.3 Å². The number of thiazole rings is 1. The van der Waals surface area contributed by atoms with E-state index in [-0.39, 0.29) is 11.8 Å². The first kappa shape index (κ1) is 16.2. The number of carbonyl (C=O) groups is 1. The van der Waals surface area contributed by atoms with Crippen molar-refractivity contribution in [1.29, 1.82) is 0 Å². The molecule has 26 heavy (non-hydrogen) atoms. The third kappa shape index (κ3) is 2.62. The Morgan fingerprint density at radius 1 is 1.12 bits per heavy atom. The average Bonchev–Trinajstić information content (AvgIpc) is 3.37. The summed E-state index contributed by atoms with van der Waals surface area (Å²) in [6.45, 7) is 2.09. The first-order chi connectivity index (χ1) is 12.7. The highest BCUT2D eigenvalue weighted by atomic mass is 32.1. The quantitative estimate of drug-likeness (QED) is 0.874. The van der Waals surface area contributed by atoms with Crippen LogP contribution in [0.5, 0.6) is 0 Å². The number of amides is 1. The fraction of sp³-hybridized carbons (Fsp3) is 0.667. The number of hydrogen-bond donors (Lipinski definition) is 1. The zero-order chi connectivity index (χ0) is 17.7. The molecule has 1 unspecified atom stereocenters. The predicted octanol–water partition coefficient (Wildman–Crippen LogP) is 2.44. The second-order valence-electron chi connectivity index (χ2n) is 7.67. The van der Waals surface area contributed by atoms with Gasteiger partial charge in [0, 0.05) is 23.9 Å². The summed E-state index contributed by atoms with van der Waals surface area (Å²) >= 11 is 1.53. The predicted molar refractivity (Wildman–Crippen MR) is 98.9 cm³/mol. The fourth-order valence-electron chi connectivity index (χ4n) is 4.75. The van der Waals surface area contributed by atoms with Crippen LogP contribution in [0.2, 0.25) is 0 Å². The van der Waals surface area contributed by atoms with Crippen LogP contribution in [0.1, 0.15) is 72.6 Å². The van der Waals surface area contributed by atoms with Crippen LogP contribution in [0.25, 0.3) is 0 Å². The monoisotopic (exact) mass is 372 g/mol. The lowest BCUT2D eigenvalue weighted by Crippen LogP contribution is -2.42. The molecule has 1 fully saturated rings. The highest BCUT2D eigenvalue weighted by molar-refractivity contribution is 7.15. The third-order valence-electron chi connectivity index (χ3n) is 6.08. The molecule has 5 rings (SSSR count). The number of nitrogens with two attached hydrogens (primary N) is 1. The van der Waals surface area contributed by atoms with Gasteiger partial charge in [-0.3, -0.25) is 4.79 Å². The molecule has 138 valence electrons. The molecule has 2 N–H and O–H groups in total. The molecule has 0 aromatic carbocycles. The van der Waals surface area contributed by atoms with E-state index in [1.165, 1.54) is 41.9 Å². The standard InChI is InChI=1S/C18H24N6OS/c19-18-20-15-12(6-3-7-13(15)26-18)17(25)23-8-9-24-14(10-23)21-22-16(24)11-4-1-2-5-11/h11-12H,1-10H2,(H2,19,20). The summed E-state index contributed by atoms with van der Waals surface area (Å²) in [6, 6.07) is 0. The van der Waals surface area contributed by atoms with Gasteiger partial charge in [0.2, 0.25) is 5.91 Å². The van der Waals surface area contributed by atoms with E-state index < -0.39 is 0 Å². The van der Waals surface area contributed by atoms with Gasteiger partial charge in [-0.1, -0.05) is 12.8 Å². The van der Waals surface area contributed by atoms with Crippen molar-refractivity contribution in [2.45, 2.75) is 69.9 Å². The summed E-state index contributed by atoms with van der Waals surface area (Å²) < 4.78 is 2.26. The molecule has 0 saturated heterocycles. The number of rotatable bonds is 2. The van der Waals surface area contributed by atoms with Gasteiger partial charge < -0.3 is 15.2 Å². The van der Waals surface area contributed by atoms with Gasteiger partial charge in [-0.15, -0.1) is 21.5 Å². The number of carbonyl (C=O) groups excluding carboxylic acids is 1.